The molecular weight excluding hydrogens is 320 g/mol. The third kappa shape index (κ3) is 4.32. The fourth-order valence-corrected chi connectivity index (χ4v) is 2.79. The van der Waals surface area contributed by atoms with Crippen molar-refractivity contribution in [2.24, 2.45) is 0 Å². The highest BCUT2D eigenvalue weighted by Crippen LogP contribution is 2.16. The summed E-state index contributed by atoms with van der Waals surface area (Å²) < 4.78 is 10.8. The van der Waals surface area contributed by atoms with E-state index in [1.165, 1.54) is 0 Å². The van der Waals surface area contributed by atoms with Gasteiger partial charge in [-0.25, -0.2) is 9.97 Å². The van der Waals surface area contributed by atoms with Crippen LogP contribution in [-0.4, -0.2) is 57.8 Å². The van der Waals surface area contributed by atoms with Gasteiger partial charge < -0.3 is 14.2 Å². The van der Waals surface area contributed by atoms with E-state index in [-0.39, 0.29) is 6.10 Å². The number of aryl methyl sites for hydroxylation is 2. The lowest BCUT2D eigenvalue weighted by molar-refractivity contribution is 0.0683. The Morgan fingerprint density at radius 1 is 1.20 bits per heavy atom. The molecular formula is C17H26N6O2. The highest BCUT2D eigenvalue weighted by molar-refractivity contribution is 5.33. The Bertz CT molecular complexity index is 696. The van der Waals surface area contributed by atoms with Gasteiger partial charge in [0.05, 0.1) is 6.54 Å². The van der Waals surface area contributed by atoms with E-state index in [1.54, 1.807) is 0 Å². The Hall–Kier alpha value is -2.06. The van der Waals surface area contributed by atoms with Crippen molar-refractivity contribution in [3.63, 3.8) is 0 Å². The number of anilines is 1. The van der Waals surface area contributed by atoms with Crippen LogP contribution in [-0.2, 0) is 11.3 Å². The van der Waals surface area contributed by atoms with E-state index >= 15 is 0 Å². The Labute approximate surface area is 148 Å². The second-order valence-corrected chi connectivity index (χ2v) is 6.35. The SMILES string of the molecule is CCOC(C)c1noc(CN2CCN(c3ncc(C)c(C)n3)CC2)n1. The molecule has 3 rings (SSSR count). The van der Waals surface area contributed by atoms with Crippen LogP contribution in [0.3, 0.4) is 0 Å². The van der Waals surface area contributed by atoms with E-state index in [2.05, 4.69) is 29.9 Å². The number of hydrogen-bond donors (Lipinski definition) is 0. The summed E-state index contributed by atoms with van der Waals surface area (Å²) in [6.07, 6.45) is 1.75. The highest BCUT2D eigenvalue weighted by atomic mass is 16.5. The molecule has 2 aromatic heterocycles. The molecule has 0 spiro atoms. The molecule has 1 unspecified atom stereocenters. The van der Waals surface area contributed by atoms with Crippen molar-refractivity contribution < 1.29 is 9.26 Å². The van der Waals surface area contributed by atoms with Crippen molar-refractivity contribution in [3.8, 4) is 0 Å². The smallest absolute Gasteiger partial charge is 0.240 e. The van der Waals surface area contributed by atoms with E-state index in [4.69, 9.17) is 9.26 Å². The van der Waals surface area contributed by atoms with Crippen molar-refractivity contribution in [1.82, 2.24) is 25.0 Å². The molecule has 1 atom stereocenters. The van der Waals surface area contributed by atoms with E-state index in [0.717, 1.165) is 43.4 Å². The van der Waals surface area contributed by atoms with Gasteiger partial charge in [-0.1, -0.05) is 5.16 Å². The second-order valence-electron chi connectivity index (χ2n) is 6.35. The molecule has 8 heteroatoms. The maximum atomic E-state index is 5.49. The lowest BCUT2D eigenvalue weighted by Crippen LogP contribution is -2.46. The van der Waals surface area contributed by atoms with Gasteiger partial charge in [0.1, 0.15) is 6.10 Å². The van der Waals surface area contributed by atoms with Gasteiger partial charge in [0.25, 0.3) is 0 Å². The third-order valence-corrected chi connectivity index (χ3v) is 4.49. The number of piperazine rings is 1. The summed E-state index contributed by atoms with van der Waals surface area (Å²) in [5.41, 5.74) is 2.16. The van der Waals surface area contributed by atoms with Crippen LogP contribution in [0.5, 0.6) is 0 Å². The van der Waals surface area contributed by atoms with Crippen LogP contribution in [0.4, 0.5) is 5.95 Å². The first kappa shape index (κ1) is 17.8. The molecule has 3 heterocycles. The van der Waals surface area contributed by atoms with Crippen LogP contribution in [0.2, 0.25) is 0 Å². The molecule has 0 saturated carbocycles. The molecule has 1 aliphatic rings. The van der Waals surface area contributed by atoms with Gasteiger partial charge in [-0.05, 0) is 33.3 Å². The average molecular weight is 346 g/mol. The summed E-state index contributed by atoms with van der Waals surface area (Å²) in [4.78, 5) is 18.0. The first-order valence-corrected chi connectivity index (χ1v) is 8.78. The Balaban J connectivity index is 1.53. The zero-order valence-electron chi connectivity index (χ0n) is 15.4. The topological polar surface area (TPSA) is 80.4 Å². The molecule has 136 valence electrons. The van der Waals surface area contributed by atoms with E-state index < -0.39 is 0 Å². The molecule has 0 N–H and O–H groups in total. The fraction of sp³-hybridized carbons (Fsp3) is 0.647. The number of ether oxygens (including phenoxy) is 1. The molecule has 1 saturated heterocycles. The molecule has 0 amide bonds. The first-order valence-electron chi connectivity index (χ1n) is 8.78. The Morgan fingerprint density at radius 2 is 1.96 bits per heavy atom. The molecule has 1 fully saturated rings. The molecule has 8 nitrogen and oxygen atoms in total. The van der Waals surface area contributed by atoms with Crippen LogP contribution < -0.4 is 4.90 Å². The zero-order chi connectivity index (χ0) is 17.8. The average Bonchev–Trinajstić information content (AvgIpc) is 3.07. The zero-order valence-corrected chi connectivity index (χ0v) is 15.4. The lowest BCUT2D eigenvalue weighted by Gasteiger charge is -2.34. The van der Waals surface area contributed by atoms with Crippen molar-refractivity contribution >= 4 is 5.95 Å². The van der Waals surface area contributed by atoms with Crippen LogP contribution in [0, 0.1) is 13.8 Å². The van der Waals surface area contributed by atoms with Gasteiger partial charge in [-0.3, -0.25) is 4.90 Å². The predicted octanol–water partition coefficient (Wildman–Crippen LogP) is 1.90. The number of hydrogen-bond acceptors (Lipinski definition) is 8. The van der Waals surface area contributed by atoms with Gasteiger partial charge in [0.2, 0.25) is 11.8 Å². The van der Waals surface area contributed by atoms with E-state index in [9.17, 15) is 0 Å². The molecule has 0 aliphatic carbocycles. The van der Waals surface area contributed by atoms with Gasteiger partial charge in [0, 0.05) is 44.7 Å². The van der Waals surface area contributed by atoms with E-state index in [1.807, 2.05) is 33.9 Å². The Kier molecular flexibility index (Phi) is 5.60. The molecule has 2 aromatic rings. The quantitative estimate of drug-likeness (QED) is 0.784. The second kappa shape index (κ2) is 7.88. The number of rotatable bonds is 6. The fourth-order valence-electron chi connectivity index (χ4n) is 2.79. The third-order valence-electron chi connectivity index (χ3n) is 4.49. The van der Waals surface area contributed by atoms with Gasteiger partial charge in [0.15, 0.2) is 5.82 Å². The Morgan fingerprint density at radius 3 is 2.64 bits per heavy atom. The lowest BCUT2D eigenvalue weighted by atomic mass is 10.3. The maximum absolute atomic E-state index is 5.49. The van der Waals surface area contributed by atoms with Crippen molar-refractivity contribution in [2.75, 3.05) is 37.7 Å². The normalized spacial score (nSPS) is 17.0. The van der Waals surface area contributed by atoms with Crippen LogP contribution in [0.15, 0.2) is 10.7 Å². The van der Waals surface area contributed by atoms with Crippen LogP contribution >= 0.6 is 0 Å². The maximum Gasteiger partial charge on any atom is 0.240 e. The number of nitrogens with zero attached hydrogens (tertiary/aromatic N) is 6. The monoisotopic (exact) mass is 346 g/mol. The van der Waals surface area contributed by atoms with Crippen LogP contribution in [0.25, 0.3) is 0 Å². The van der Waals surface area contributed by atoms with Crippen LogP contribution in [0.1, 0.15) is 42.9 Å². The summed E-state index contributed by atoms with van der Waals surface area (Å²) in [5.74, 6) is 2.06. The largest absolute Gasteiger partial charge is 0.371 e. The summed E-state index contributed by atoms with van der Waals surface area (Å²) in [5, 5.41) is 4.01. The molecule has 0 bridgehead atoms. The van der Waals surface area contributed by atoms with Gasteiger partial charge in [-0.15, -0.1) is 0 Å². The summed E-state index contributed by atoms with van der Waals surface area (Å²) in [6, 6.07) is 0. The molecule has 25 heavy (non-hydrogen) atoms. The van der Waals surface area contributed by atoms with Gasteiger partial charge in [-0.2, -0.15) is 4.98 Å². The first-order chi connectivity index (χ1) is 12.1. The minimum Gasteiger partial charge on any atom is -0.371 e. The predicted molar refractivity (Wildman–Crippen MR) is 93.3 cm³/mol. The molecule has 0 aromatic carbocycles. The number of aromatic nitrogens is 4. The summed E-state index contributed by atoms with van der Waals surface area (Å²) >= 11 is 0. The molecule has 0 radical (unpaired) electrons. The van der Waals surface area contributed by atoms with Crippen molar-refractivity contribution in [1.29, 1.82) is 0 Å². The minimum atomic E-state index is -0.138. The summed E-state index contributed by atoms with van der Waals surface area (Å²) in [7, 11) is 0. The highest BCUT2D eigenvalue weighted by Gasteiger charge is 2.22. The summed E-state index contributed by atoms with van der Waals surface area (Å²) in [6.45, 7) is 12.8. The standard InChI is InChI=1S/C17H26N6O2/c1-5-24-14(4)16-20-15(25-21-16)11-22-6-8-23(9-7-22)17-18-10-12(2)13(3)19-17/h10,14H,5-9,11H2,1-4H3. The van der Waals surface area contributed by atoms with E-state index in [0.29, 0.717) is 24.9 Å². The minimum absolute atomic E-state index is 0.138. The van der Waals surface area contributed by atoms with Crippen molar-refractivity contribution in [2.45, 2.75) is 40.3 Å². The molecule has 1 aliphatic heterocycles. The van der Waals surface area contributed by atoms with Gasteiger partial charge >= 0.3 is 0 Å². The van der Waals surface area contributed by atoms with Crippen molar-refractivity contribution in [3.05, 3.63) is 29.2 Å².